The van der Waals surface area contributed by atoms with Crippen molar-refractivity contribution < 1.29 is 9.53 Å². The third kappa shape index (κ3) is 2.94. The van der Waals surface area contributed by atoms with Gasteiger partial charge in [0.2, 0.25) is 0 Å². The molecule has 1 aromatic heterocycles. The van der Waals surface area contributed by atoms with E-state index >= 15 is 0 Å². The highest BCUT2D eigenvalue weighted by molar-refractivity contribution is 5.90. The van der Waals surface area contributed by atoms with Crippen molar-refractivity contribution in [2.24, 2.45) is 0 Å². The van der Waals surface area contributed by atoms with Crippen LogP contribution in [0.5, 0.6) is 0 Å². The van der Waals surface area contributed by atoms with E-state index in [9.17, 15) is 4.79 Å². The van der Waals surface area contributed by atoms with Crippen LogP contribution < -0.4 is 10.2 Å². The van der Waals surface area contributed by atoms with Gasteiger partial charge in [-0.2, -0.15) is 0 Å². The average Bonchev–Trinajstić information content (AvgIpc) is 2.67. The third-order valence-electron chi connectivity index (χ3n) is 2.83. The largest absolute Gasteiger partial charge is 0.465 e. The zero-order valence-corrected chi connectivity index (χ0v) is 9.98. The minimum Gasteiger partial charge on any atom is -0.465 e. The highest BCUT2D eigenvalue weighted by Gasteiger charge is 2.13. The van der Waals surface area contributed by atoms with E-state index in [0.717, 1.165) is 38.4 Å². The second kappa shape index (κ2) is 5.63. The fourth-order valence-corrected chi connectivity index (χ4v) is 1.91. The lowest BCUT2D eigenvalue weighted by Crippen LogP contribution is -2.28. The van der Waals surface area contributed by atoms with E-state index in [1.807, 2.05) is 0 Å². The summed E-state index contributed by atoms with van der Waals surface area (Å²) in [6, 6.07) is 3.46. The number of aromatic nitrogens is 1. The van der Waals surface area contributed by atoms with Gasteiger partial charge in [-0.15, -0.1) is 0 Å². The van der Waals surface area contributed by atoms with E-state index in [4.69, 9.17) is 4.74 Å². The summed E-state index contributed by atoms with van der Waals surface area (Å²) in [5.41, 5.74) is 0.551. The Morgan fingerprint density at radius 2 is 2.35 bits per heavy atom. The SMILES string of the molecule is COC(=O)c1ccnc(N2CCCNCC2)c1. The predicted molar refractivity (Wildman–Crippen MR) is 65.3 cm³/mol. The Labute approximate surface area is 101 Å². The quantitative estimate of drug-likeness (QED) is 0.763. The number of esters is 1. The molecule has 1 saturated heterocycles. The van der Waals surface area contributed by atoms with Gasteiger partial charge in [0.1, 0.15) is 5.82 Å². The Balaban J connectivity index is 2.16. The van der Waals surface area contributed by atoms with Crippen molar-refractivity contribution in [2.45, 2.75) is 6.42 Å². The van der Waals surface area contributed by atoms with Gasteiger partial charge in [-0.3, -0.25) is 0 Å². The molecule has 1 aromatic rings. The van der Waals surface area contributed by atoms with Gasteiger partial charge in [-0.1, -0.05) is 0 Å². The predicted octanol–water partition coefficient (Wildman–Crippen LogP) is 0.668. The maximum atomic E-state index is 11.4. The lowest BCUT2D eigenvalue weighted by atomic mass is 10.2. The van der Waals surface area contributed by atoms with Crippen molar-refractivity contribution >= 4 is 11.8 Å². The van der Waals surface area contributed by atoms with Crippen LogP contribution in [0, 0.1) is 0 Å². The molecule has 5 nitrogen and oxygen atoms in total. The van der Waals surface area contributed by atoms with Crippen LogP contribution in [-0.4, -0.2) is 44.2 Å². The summed E-state index contributed by atoms with van der Waals surface area (Å²) in [6.07, 6.45) is 2.74. The first kappa shape index (κ1) is 11.9. The summed E-state index contributed by atoms with van der Waals surface area (Å²) in [5.74, 6) is 0.526. The second-order valence-electron chi connectivity index (χ2n) is 3.98. The molecule has 92 valence electrons. The van der Waals surface area contributed by atoms with Gasteiger partial charge in [-0.25, -0.2) is 9.78 Å². The normalized spacial score (nSPS) is 16.4. The molecule has 0 bridgehead atoms. The highest BCUT2D eigenvalue weighted by Crippen LogP contribution is 2.14. The zero-order chi connectivity index (χ0) is 12.1. The molecule has 0 aromatic carbocycles. The summed E-state index contributed by atoms with van der Waals surface area (Å²) in [7, 11) is 1.39. The number of methoxy groups -OCH3 is 1. The van der Waals surface area contributed by atoms with Crippen molar-refractivity contribution in [3.8, 4) is 0 Å². The molecule has 1 aliphatic heterocycles. The first-order chi connectivity index (χ1) is 8.31. The van der Waals surface area contributed by atoms with Crippen LogP contribution in [0.2, 0.25) is 0 Å². The van der Waals surface area contributed by atoms with Gasteiger partial charge in [0.05, 0.1) is 12.7 Å². The molecule has 0 amide bonds. The van der Waals surface area contributed by atoms with Crippen LogP contribution in [0.25, 0.3) is 0 Å². The first-order valence-corrected chi connectivity index (χ1v) is 5.81. The molecule has 0 radical (unpaired) electrons. The Morgan fingerprint density at radius 1 is 1.47 bits per heavy atom. The second-order valence-corrected chi connectivity index (χ2v) is 3.98. The standard InChI is InChI=1S/C12H17N3O2/c1-17-12(16)10-3-5-14-11(9-10)15-7-2-4-13-6-8-15/h3,5,9,13H,2,4,6-8H2,1H3. The van der Waals surface area contributed by atoms with E-state index in [0.29, 0.717) is 5.56 Å². The summed E-state index contributed by atoms with van der Waals surface area (Å²) in [5, 5.41) is 3.33. The smallest absolute Gasteiger partial charge is 0.338 e. The molecule has 1 N–H and O–H groups in total. The number of rotatable bonds is 2. The minimum absolute atomic E-state index is 0.318. The summed E-state index contributed by atoms with van der Waals surface area (Å²) in [4.78, 5) is 17.9. The molecule has 0 unspecified atom stereocenters. The zero-order valence-electron chi connectivity index (χ0n) is 9.98. The van der Waals surface area contributed by atoms with Crippen LogP contribution in [0.15, 0.2) is 18.3 Å². The van der Waals surface area contributed by atoms with E-state index in [2.05, 4.69) is 15.2 Å². The Morgan fingerprint density at radius 3 is 3.18 bits per heavy atom. The van der Waals surface area contributed by atoms with Crippen LogP contribution in [0.4, 0.5) is 5.82 Å². The molecule has 5 heteroatoms. The number of anilines is 1. The fraction of sp³-hybridized carbons (Fsp3) is 0.500. The van der Waals surface area contributed by atoms with Crippen molar-refractivity contribution in [3.63, 3.8) is 0 Å². The number of hydrogen-bond donors (Lipinski definition) is 1. The molecule has 17 heavy (non-hydrogen) atoms. The number of carbonyl (C=O) groups is 1. The van der Waals surface area contributed by atoms with Gasteiger partial charge >= 0.3 is 5.97 Å². The van der Waals surface area contributed by atoms with Crippen molar-refractivity contribution in [3.05, 3.63) is 23.9 Å². The van der Waals surface area contributed by atoms with Crippen molar-refractivity contribution in [1.29, 1.82) is 0 Å². The molecule has 0 aliphatic carbocycles. The van der Waals surface area contributed by atoms with Gasteiger partial charge in [-0.05, 0) is 25.1 Å². The maximum Gasteiger partial charge on any atom is 0.338 e. The molecular weight excluding hydrogens is 218 g/mol. The monoisotopic (exact) mass is 235 g/mol. The number of pyridine rings is 1. The summed E-state index contributed by atoms with van der Waals surface area (Å²) in [6.45, 7) is 3.86. The average molecular weight is 235 g/mol. The molecule has 1 fully saturated rings. The molecule has 2 rings (SSSR count). The number of hydrogen-bond acceptors (Lipinski definition) is 5. The number of nitrogens with zero attached hydrogens (tertiary/aromatic N) is 2. The fourth-order valence-electron chi connectivity index (χ4n) is 1.91. The van der Waals surface area contributed by atoms with Gasteiger partial charge in [0, 0.05) is 25.8 Å². The molecule has 1 aliphatic rings. The van der Waals surface area contributed by atoms with Gasteiger partial charge in [0.15, 0.2) is 0 Å². The van der Waals surface area contributed by atoms with Crippen LogP contribution in [0.3, 0.4) is 0 Å². The molecule has 0 spiro atoms. The Kier molecular flexibility index (Phi) is 3.93. The molecule has 0 saturated carbocycles. The van der Waals surface area contributed by atoms with Crippen LogP contribution in [0.1, 0.15) is 16.8 Å². The molecule has 0 atom stereocenters. The van der Waals surface area contributed by atoms with E-state index < -0.39 is 0 Å². The lowest BCUT2D eigenvalue weighted by Gasteiger charge is -2.21. The van der Waals surface area contributed by atoms with Gasteiger partial charge < -0.3 is 15.0 Å². The molecule has 2 heterocycles. The lowest BCUT2D eigenvalue weighted by molar-refractivity contribution is 0.0600. The maximum absolute atomic E-state index is 11.4. The Bertz CT molecular complexity index is 387. The van der Waals surface area contributed by atoms with Crippen LogP contribution in [-0.2, 0) is 4.74 Å². The van der Waals surface area contributed by atoms with Gasteiger partial charge in [0.25, 0.3) is 0 Å². The van der Waals surface area contributed by atoms with Crippen molar-refractivity contribution in [1.82, 2.24) is 10.3 Å². The van der Waals surface area contributed by atoms with E-state index in [-0.39, 0.29) is 5.97 Å². The number of carbonyl (C=O) groups excluding carboxylic acids is 1. The third-order valence-corrected chi connectivity index (χ3v) is 2.83. The van der Waals surface area contributed by atoms with E-state index in [1.165, 1.54) is 7.11 Å². The number of nitrogens with one attached hydrogen (secondary N) is 1. The Hall–Kier alpha value is -1.62. The minimum atomic E-state index is -0.318. The summed E-state index contributed by atoms with van der Waals surface area (Å²) < 4.78 is 4.71. The van der Waals surface area contributed by atoms with E-state index in [1.54, 1.807) is 18.3 Å². The van der Waals surface area contributed by atoms with Crippen molar-refractivity contribution in [2.75, 3.05) is 38.2 Å². The first-order valence-electron chi connectivity index (χ1n) is 5.81. The summed E-state index contributed by atoms with van der Waals surface area (Å²) >= 11 is 0. The molecular formula is C12H17N3O2. The topological polar surface area (TPSA) is 54.5 Å². The van der Waals surface area contributed by atoms with Crippen LogP contribution >= 0.6 is 0 Å². The highest BCUT2D eigenvalue weighted by atomic mass is 16.5. The number of ether oxygens (including phenoxy) is 1.